The largest absolute Gasteiger partial charge is 0.870 e. The molecule has 0 saturated heterocycles. The van der Waals surface area contributed by atoms with Crippen LogP contribution in [-0.2, 0) is 6.54 Å². The number of methoxy groups -OCH3 is 1. The molecule has 0 fully saturated rings. The second-order valence-corrected chi connectivity index (χ2v) is 6.51. The monoisotopic (exact) mass is 429 g/mol. The number of aromatic nitrogens is 5. The van der Waals surface area contributed by atoms with Gasteiger partial charge in [-0.05, 0) is 35.8 Å². The van der Waals surface area contributed by atoms with Gasteiger partial charge in [0.25, 0.3) is 5.91 Å². The number of carbonyl (C=O) groups is 1. The van der Waals surface area contributed by atoms with E-state index in [4.69, 9.17) is 10.5 Å². The maximum Gasteiger partial charge on any atom is 0.294 e. The number of amides is 1. The number of hydrazone groups is 1. The zero-order chi connectivity index (χ0) is 22.4. The van der Waals surface area contributed by atoms with Gasteiger partial charge in [-0.3, -0.25) is 4.79 Å². The fraction of sp³-hybridized carbons (Fsp3) is 0.333. The van der Waals surface area contributed by atoms with Crippen molar-refractivity contribution in [3.05, 3.63) is 35.2 Å². The van der Waals surface area contributed by atoms with Crippen LogP contribution in [0.25, 0.3) is 5.82 Å². The highest BCUT2D eigenvalue weighted by molar-refractivity contribution is 5.94. The summed E-state index contributed by atoms with van der Waals surface area (Å²) in [7, 11) is 1.40. The fourth-order valence-electron chi connectivity index (χ4n) is 2.86. The second-order valence-electron chi connectivity index (χ2n) is 6.51. The van der Waals surface area contributed by atoms with E-state index in [-0.39, 0.29) is 28.8 Å². The number of quaternary nitrogens is 1. The third kappa shape index (κ3) is 4.78. The van der Waals surface area contributed by atoms with Gasteiger partial charge in [0.1, 0.15) is 18.0 Å². The lowest BCUT2D eigenvalue weighted by Crippen LogP contribution is -3.10. The van der Waals surface area contributed by atoms with Crippen LogP contribution in [0.2, 0.25) is 0 Å². The van der Waals surface area contributed by atoms with Gasteiger partial charge in [-0.1, -0.05) is 23.1 Å². The summed E-state index contributed by atoms with van der Waals surface area (Å²) in [5.41, 5.74) is 9.35. The van der Waals surface area contributed by atoms with Crippen LogP contribution in [0.1, 0.15) is 35.6 Å². The average molecular weight is 429 g/mol. The van der Waals surface area contributed by atoms with Crippen molar-refractivity contribution in [2.24, 2.45) is 5.10 Å². The van der Waals surface area contributed by atoms with Crippen molar-refractivity contribution in [1.29, 1.82) is 0 Å². The molecule has 0 saturated carbocycles. The number of hydrogen-bond acceptors (Lipinski definition) is 10. The molecule has 13 heteroatoms. The molecule has 0 bridgehead atoms. The van der Waals surface area contributed by atoms with E-state index in [1.807, 2.05) is 13.8 Å². The van der Waals surface area contributed by atoms with Crippen LogP contribution in [0.15, 0.2) is 27.9 Å². The van der Waals surface area contributed by atoms with Crippen LogP contribution >= 0.6 is 0 Å². The maximum atomic E-state index is 12.7. The first-order valence-electron chi connectivity index (χ1n) is 9.53. The topological polar surface area (TPSA) is 174 Å². The SMILES string of the molecule is CC[NH+](CC)Cc1c(C(=O)N/N=C/c2ccc([O-])c(OC)c2)nnn1-c1nonc1N. The standard InChI is InChI=1S/C18H23N9O4/c1-4-26(5-2)10-12-15(21-25-27(12)17-16(19)23-31-24-17)18(29)22-20-9-11-6-7-13(28)14(8-11)30-3/h6-9,28H,4-5,10H2,1-3H3,(H2,19,23)(H,22,29)/b20-9+. The summed E-state index contributed by atoms with van der Waals surface area (Å²) in [6, 6.07) is 4.44. The van der Waals surface area contributed by atoms with Gasteiger partial charge in [-0.25, -0.2) is 10.1 Å². The normalized spacial score (nSPS) is 11.4. The molecular formula is C18H23N9O4. The average Bonchev–Trinajstić information content (AvgIpc) is 3.38. The molecular weight excluding hydrogens is 406 g/mol. The molecule has 1 amide bonds. The highest BCUT2D eigenvalue weighted by atomic mass is 16.6. The van der Waals surface area contributed by atoms with E-state index in [0.717, 1.165) is 13.1 Å². The summed E-state index contributed by atoms with van der Waals surface area (Å²) in [5.74, 6) is -0.443. The van der Waals surface area contributed by atoms with E-state index in [1.165, 1.54) is 35.0 Å². The van der Waals surface area contributed by atoms with Crippen molar-refractivity contribution < 1.29 is 24.2 Å². The highest BCUT2D eigenvalue weighted by Gasteiger charge is 2.26. The number of carbonyl (C=O) groups excluding carboxylic acids is 1. The molecule has 3 rings (SSSR count). The first-order valence-corrected chi connectivity index (χ1v) is 9.53. The first kappa shape index (κ1) is 21.7. The van der Waals surface area contributed by atoms with Crippen LogP contribution in [0.5, 0.6) is 11.5 Å². The summed E-state index contributed by atoms with van der Waals surface area (Å²) < 4.78 is 11.0. The molecule has 0 radical (unpaired) electrons. The molecule has 13 nitrogen and oxygen atoms in total. The molecule has 2 aromatic heterocycles. The maximum absolute atomic E-state index is 12.7. The molecule has 4 N–H and O–H groups in total. The minimum absolute atomic E-state index is 0.0291. The van der Waals surface area contributed by atoms with Crippen molar-refractivity contribution in [3.8, 4) is 17.3 Å². The van der Waals surface area contributed by atoms with E-state index >= 15 is 0 Å². The van der Waals surface area contributed by atoms with Gasteiger partial charge >= 0.3 is 0 Å². The van der Waals surface area contributed by atoms with Gasteiger partial charge in [-0.15, -0.1) is 5.10 Å². The molecule has 31 heavy (non-hydrogen) atoms. The van der Waals surface area contributed by atoms with Crippen molar-refractivity contribution >= 4 is 17.9 Å². The summed E-state index contributed by atoms with van der Waals surface area (Å²) in [5, 5.41) is 30.8. The minimum Gasteiger partial charge on any atom is -0.870 e. The Hall–Kier alpha value is -4.00. The second kappa shape index (κ2) is 9.67. The quantitative estimate of drug-likeness (QED) is 0.270. The Morgan fingerprint density at radius 1 is 1.39 bits per heavy atom. The number of nitrogens with one attached hydrogen (secondary N) is 2. The van der Waals surface area contributed by atoms with E-state index in [9.17, 15) is 9.90 Å². The van der Waals surface area contributed by atoms with E-state index in [0.29, 0.717) is 17.8 Å². The van der Waals surface area contributed by atoms with Gasteiger partial charge < -0.3 is 20.5 Å². The summed E-state index contributed by atoms with van der Waals surface area (Å²) in [6.45, 7) is 6.16. The minimum atomic E-state index is -0.563. The molecule has 2 heterocycles. The Labute approximate surface area is 177 Å². The van der Waals surface area contributed by atoms with Gasteiger partial charge in [0.05, 0.1) is 26.4 Å². The third-order valence-corrected chi connectivity index (χ3v) is 4.66. The molecule has 0 spiro atoms. The smallest absolute Gasteiger partial charge is 0.294 e. The number of hydrogen-bond donors (Lipinski definition) is 3. The van der Waals surface area contributed by atoms with E-state index in [1.54, 1.807) is 6.07 Å². The Morgan fingerprint density at radius 2 is 2.16 bits per heavy atom. The number of nitrogens with zero attached hydrogens (tertiary/aromatic N) is 6. The van der Waals surface area contributed by atoms with E-state index in [2.05, 4.69) is 35.8 Å². The van der Waals surface area contributed by atoms with Crippen LogP contribution in [-0.4, -0.2) is 57.6 Å². The molecule has 164 valence electrons. The Kier molecular flexibility index (Phi) is 6.77. The molecule has 0 aliphatic rings. The molecule has 3 aromatic rings. The van der Waals surface area contributed by atoms with Crippen molar-refractivity contribution in [2.45, 2.75) is 20.4 Å². The zero-order valence-corrected chi connectivity index (χ0v) is 17.3. The highest BCUT2D eigenvalue weighted by Crippen LogP contribution is 2.22. The molecule has 0 aliphatic heterocycles. The fourth-order valence-corrected chi connectivity index (χ4v) is 2.86. The Bertz CT molecular complexity index is 1070. The number of nitrogen functional groups attached to an aromatic ring is 1. The first-order chi connectivity index (χ1) is 15.0. The molecule has 1 aromatic carbocycles. The predicted octanol–water partition coefficient (Wildman–Crippen LogP) is -1.50. The van der Waals surface area contributed by atoms with Gasteiger partial charge in [-0.2, -0.15) is 9.78 Å². The molecule has 0 atom stereocenters. The Balaban J connectivity index is 1.84. The van der Waals surface area contributed by atoms with Gasteiger partial charge in [0.2, 0.25) is 11.6 Å². The summed E-state index contributed by atoms with van der Waals surface area (Å²) >= 11 is 0. The Morgan fingerprint density at radius 3 is 2.81 bits per heavy atom. The number of benzene rings is 1. The summed E-state index contributed by atoms with van der Waals surface area (Å²) in [6.07, 6.45) is 1.39. The van der Waals surface area contributed by atoms with Crippen LogP contribution in [0.3, 0.4) is 0 Å². The number of rotatable bonds is 9. The zero-order valence-electron chi connectivity index (χ0n) is 17.3. The number of nitrogens with two attached hydrogens (primary N) is 1. The lowest BCUT2D eigenvalue weighted by molar-refractivity contribution is -0.910. The lowest BCUT2D eigenvalue weighted by Gasteiger charge is -2.15. The number of ether oxygens (including phenoxy) is 1. The van der Waals surface area contributed by atoms with Crippen LogP contribution < -0.4 is 25.9 Å². The van der Waals surface area contributed by atoms with Gasteiger partial charge in [0, 0.05) is 0 Å². The molecule has 0 unspecified atom stereocenters. The lowest BCUT2D eigenvalue weighted by atomic mass is 10.2. The predicted molar refractivity (Wildman–Crippen MR) is 107 cm³/mol. The van der Waals surface area contributed by atoms with Crippen molar-refractivity contribution in [1.82, 2.24) is 30.7 Å². The van der Waals surface area contributed by atoms with Crippen molar-refractivity contribution in [2.75, 3.05) is 25.9 Å². The van der Waals surface area contributed by atoms with E-state index < -0.39 is 5.91 Å². The molecule has 0 aliphatic carbocycles. The third-order valence-electron chi connectivity index (χ3n) is 4.66. The van der Waals surface area contributed by atoms with Crippen LogP contribution in [0, 0.1) is 0 Å². The summed E-state index contributed by atoms with van der Waals surface area (Å²) in [4.78, 5) is 13.9. The number of anilines is 1. The van der Waals surface area contributed by atoms with Crippen LogP contribution in [0.4, 0.5) is 5.82 Å². The van der Waals surface area contributed by atoms with Crippen molar-refractivity contribution in [3.63, 3.8) is 0 Å². The van der Waals surface area contributed by atoms with Gasteiger partial charge in [0.15, 0.2) is 5.69 Å².